The number of aromatic nitrogens is 3. The topological polar surface area (TPSA) is 88.7 Å². The number of hydrogen-bond donors (Lipinski definition) is 0. The Morgan fingerprint density at radius 3 is 2.52 bits per heavy atom. The summed E-state index contributed by atoms with van der Waals surface area (Å²) in [5, 5.41) is 16.8. The monoisotopic (exact) mass is 278 g/mol. The van der Waals surface area contributed by atoms with Gasteiger partial charge in [-0.05, 0) is 30.5 Å². The zero-order chi connectivity index (χ0) is 14.3. The summed E-state index contributed by atoms with van der Waals surface area (Å²) in [6.45, 7) is 0. The SMILES string of the molecule is N#CC1(c2ccc(-c3nc(-c4ccon4)no3)cc2)CC1. The average molecular weight is 278 g/mol. The molecule has 1 aromatic carbocycles. The van der Waals surface area contributed by atoms with Crippen molar-refractivity contribution in [1.82, 2.24) is 15.3 Å². The first-order valence-corrected chi connectivity index (χ1v) is 6.57. The molecule has 1 aliphatic rings. The van der Waals surface area contributed by atoms with Crippen LogP contribution in [-0.2, 0) is 5.41 Å². The summed E-state index contributed by atoms with van der Waals surface area (Å²) >= 11 is 0. The lowest BCUT2D eigenvalue weighted by Crippen LogP contribution is -2.01. The van der Waals surface area contributed by atoms with Crippen molar-refractivity contribution in [3.8, 4) is 29.0 Å². The Balaban J connectivity index is 1.64. The fraction of sp³-hybridized carbons (Fsp3) is 0.200. The van der Waals surface area contributed by atoms with Gasteiger partial charge in [0.05, 0.1) is 11.5 Å². The van der Waals surface area contributed by atoms with Gasteiger partial charge in [0.15, 0.2) is 5.69 Å². The van der Waals surface area contributed by atoms with Gasteiger partial charge in [-0.15, -0.1) is 0 Å². The lowest BCUT2D eigenvalue weighted by molar-refractivity contribution is 0.417. The molecule has 2 aromatic heterocycles. The highest BCUT2D eigenvalue weighted by Crippen LogP contribution is 2.47. The molecule has 0 radical (unpaired) electrons. The molecule has 0 atom stereocenters. The number of rotatable bonds is 3. The van der Waals surface area contributed by atoms with E-state index in [2.05, 4.69) is 21.4 Å². The molecular weight excluding hydrogens is 268 g/mol. The standard InChI is InChI=1S/C15H10N4O2/c16-9-15(6-7-15)11-3-1-10(2-4-11)14-17-13(19-21-14)12-5-8-20-18-12/h1-5,8H,6-7H2. The summed E-state index contributed by atoms with van der Waals surface area (Å²) in [5.41, 5.74) is 2.11. The Morgan fingerprint density at radius 2 is 1.90 bits per heavy atom. The molecule has 6 heteroatoms. The molecule has 0 saturated heterocycles. The fourth-order valence-corrected chi connectivity index (χ4v) is 2.29. The first kappa shape index (κ1) is 11.9. The molecular formula is C15H10N4O2. The van der Waals surface area contributed by atoms with Gasteiger partial charge in [0, 0.05) is 11.6 Å². The first-order valence-electron chi connectivity index (χ1n) is 6.57. The van der Waals surface area contributed by atoms with Crippen LogP contribution in [0.4, 0.5) is 0 Å². The minimum absolute atomic E-state index is 0.279. The maximum Gasteiger partial charge on any atom is 0.258 e. The summed E-state index contributed by atoms with van der Waals surface area (Å²) < 4.78 is 9.99. The molecule has 0 amide bonds. The van der Waals surface area contributed by atoms with E-state index >= 15 is 0 Å². The lowest BCUT2D eigenvalue weighted by atomic mass is 9.97. The number of nitrogens with zero attached hydrogens (tertiary/aromatic N) is 4. The number of nitriles is 1. The molecule has 0 aliphatic heterocycles. The average Bonchev–Trinajstić information content (AvgIpc) is 2.94. The van der Waals surface area contributed by atoms with Gasteiger partial charge in [0.25, 0.3) is 5.89 Å². The van der Waals surface area contributed by atoms with Crippen LogP contribution in [0.15, 0.2) is 45.6 Å². The van der Waals surface area contributed by atoms with Crippen molar-refractivity contribution < 1.29 is 9.05 Å². The van der Waals surface area contributed by atoms with E-state index in [1.54, 1.807) is 6.07 Å². The van der Waals surface area contributed by atoms with Crippen LogP contribution in [0.1, 0.15) is 18.4 Å². The normalized spacial score (nSPS) is 15.6. The van der Waals surface area contributed by atoms with Crippen molar-refractivity contribution in [3.63, 3.8) is 0 Å². The van der Waals surface area contributed by atoms with Gasteiger partial charge < -0.3 is 9.05 Å². The van der Waals surface area contributed by atoms with E-state index in [-0.39, 0.29) is 5.41 Å². The molecule has 0 spiro atoms. The molecule has 6 nitrogen and oxygen atoms in total. The van der Waals surface area contributed by atoms with Crippen LogP contribution in [0.5, 0.6) is 0 Å². The van der Waals surface area contributed by atoms with Crippen LogP contribution in [0.2, 0.25) is 0 Å². The smallest absolute Gasteiger partial charge is 0.258 e. The number of benzene rings is 1. The highest BCUT2D eigenvalue weighted by molar-refractivity contribution is 5.58. The van der Waals surface area contributed by atoms with Gasteiger partial charge in [0.1, 0.15) is 6.26 Å². The zero-order valence-corrected chi connectivity index (χ0v) is 11.0. The molecule has 0 N–H and O–H groups in total. The van der Waals surface area contributed by atoms with Crippen molar-refractivity contribution in [3.05, 3.63) is 42.2 Å². The highest BCUT2D eigenvalue weighted by atomic mass is 16.5. The van der Waals surface area contributed by atoms with E-state index < -0.39 is 0 Å². The van der Waals surface area contributed by atoms with Gasteiger partial charge in [-0.3, -0.25) is 0 Å². The maximum absolute atomic E-state index is 9.20. The van der Waals surface area contributed by atoms with E-state index in [1.165, 1.54) is 6.26 Å². The molecule has 1 saturated carbocycles. The summed E-state index contributed by atoms with van der Waals surface area (Å²) in [7, 11) is 0. The molecule has 4 rings (SSSR count). The van der Waals surface area contributed by atoms with Gasteiger partial charge >= 0.3 is 0 Å². The molecule has 2 heterocycles. The minimum atomic E-state index is -0.279. The summed E-state index contributed by atoms with van der Waals surface area (Å²) in [6.07, 6.45) is 3.32. The molecule has 102 valence electrons. The Morgan fingerprint density at radius 1 is 1.10 bits per heavy atom. The highest BCUT2D eigenvalue weighted by Gasteiger charge is 2.44. The van der Waals surface area contributed by atoms with Gasteiger partial charge in [-0.1, -0.05) is 22.4 Å². The van der Waals surface area contributed by atoms with Crippen LogP contribution in [0.3, 0.4) is 0 Å². The van der Waals surface area contributed by atoms with E-state index in [1.807, 2.05) is 24.3 Å². The molecule has 3 aromatic rings. The third-order valence-electron chi connectivity index (χ3n) is 3.74. The zero-order valence-electron chi connectivity index (χ0n) is 11.0. The third kappa shape index (κ3) is 1.91. The van der Waals surface area contributed by atoms with Crippen LogP contribution >= 0.6 is 0 Å². The molecule has 21 heavy (non-hydrogen) atoms. The second kappa shape index (κ2) is 4.28. The van der Waals surface area contributed by atoms with Gasteiger partial charge in [-0.2, -0.15) is 10.2 Å². The predicted molar refractivity (Wildman–Crippen MR) is 71.8 cm³/mol. The first-order chi connectivity index (χ1) is 10.3. The van der Waals surface area contributed by atoms with E-state index in [4.69, 9.17) is 9.05 Å². The van der Waals surface area contributed by atoms with E-state index in [0.717, 1.165) is 24.0 Å². The largest absolute Gasteiger partial charge is 0.364 e. The van der Waals surface area contributed by atoms with Gasteiger partial charge in [0.2, 0.25) is 5.82 Å². The van der Waals surface area contributed by atoms with Crippen LogP contribution in [0, 0.1) is 11.3 Å². The van der Waals surface area contributed by atoms with Gasteiger partial charge in [-0.25, -0.2) is 0 Å². The molecule has 0 unspecified atom stereocenters. The van der Waals surface area contributed by atoms with Crippen molar-refractivity contribution in [1.29, 1.82) is 5.26 Å². The maximum atomic E-state index is 9.20. The third-order valence-corrected chi connectivity index (χ3v) is 3.74. The lowest BCUT2D eigenvalue weighted by Gasteiger charge is -2.05. The fourth-order valence-electron chi connectivity index (χ4n) is 2.29. The Kier molecular flexibility index (Phi) is 2.42. The Labute approximate surface area is 120 Å². The molecule has 1 fully saturated rings. The Hall–Kier alpha value is -2.94. The minimum Gasteiger partial charge on any atom is -0.364 e. The predicted octanol–water partition coefficient (Wildman–Crippen LogP) is 2.95. The van der Waals surface area contributed by atoms with Crippen molar-refractivity contribution in [2.24, 2.45) is 0 Å². The van der Waals surface area contributed by atoms with E-state index in [9.17, 15) is 5.26 Å². The number of hydrogen-bond acceptors (Lipinski definition) is 6. The van der Waals surface area contributed by atoms with Crippen LogP contribution < -0.4 is 0 Å². The summed E-state index contributed by atoms with van der Waals surface area (Å²) in [4.78, 5) is 4.29. The molecule has 1 aliphatic carbocycles. The second-order valence-corrected chi connectivity index (χ2v) is 5.08. The van der Waals surface area contributed by atoms with Crippen LogP contribution in [-0.4, -0.2) is 15.3 Å². The summed E-state index contributed by atoms with van der Waals surface area (Å²) in [5.74, 6) is 0.805. The summed E-state index contributed by atoms with van der Waals surface area (Å²) in [6, 6.07) is 11.7. The second-order valence-electron chi connectivity index (χ2n) is 5.08. The van der Waals surface area contributed by atoms with Crippen molar-refractivity contribution in [2.75, 3.05) is 0 Å². The van der Waals surface area contributed by atoms with E-state index in [0.29, 0.717) is 17.4 Å². The van der Waals surface area contributed by atoms with Crippen molar-refractivity contribution >= 4 is 0 Å². The Bertz CT molecular complexity index is 808. The molecule has 0 bridgehead atoms. The van der Waals surface area contributed by atoms with Crippen molar-refractivity contribution in [2.45, 2.75) is 18.3 Å². The van der Waals surface area contributed by atoms with Crippen LogP contribution in [0.25, 0.3) is 23.0 Å². The quantitative estimate of drug-likeness (QED) is 0.731.